The van der Waals surface area contributed by atoms with E-state index in [1.165, 1.54) is 30.4 Å². The minimum atomic E-state index is -0.467. The molecule has 2 aromatic rings. The molecule has 2 atom stereocenters. The Morgan fingerprint density at radius 3 is 2.35 bits per heavy atom. The van der Waals surface area contributed by atoms with Crippen molar-refractivity contribution in [1.29, 1.82) is 0 Å². The summed E-state index contributed by atoms with van der Waals surface area (Å²) >= 11 is 0. The molecule has 2 aliphatic rings. The second-order valence-corrected chi connectivity index (χ2v) is 10.8. The van der Waals surface area contributed by atoms with Crippen molar-refractivity contribution >= 4 is 12.0 Å². The molecular formula is C30H40N2O2. The van der Waals surface area contributed by atoms with E-state index in [0.29, 0.717) is 23.6 Å². The minimum absolute atomic E-state index is 0.255. The Morgan fingerprint density at radius 1 is 1.06 bits per heavy atom. The summed E-state index contributed by atoms with van der Waals surface area (Å²) in [5.41, 5.74) is 4.30. The van der Waals surface area contributed by atoms with Gasteiger partial charge in [0.2, 0.25) is 0 Å². The maximum Gasteiger partial charge on any atom is 0.338 e. The van der Waals surface area contributed by atoms with Gasteiger partial charge in [-0.1, -0.05) is 61.0 Å². The smallest absolute Gasteiger partial charge is 0.338 e. The molecule has 4 heteroatoms. The molecule has 1 aliphatic heterocycles. The molecule has 0 radical (unpaired) electrons. The lowest BCUT2D eigenvalue weighted by atomic mass is 10.0. The molecule has 0 aromatic heterocycles. The number of carbonyl (C=O) groups excluding carboxylic acids is 1. The first-order valence-corrected chi connectivity index (χ1v) is 12.9. The van der Waals surface area contributed by atoms with Crippen molar-refractivity contribution in [3.8, 4) is 0 Å². The van der Waals surface area contributed by atoms with Gasteiger partial charge in [-0.25, -0.2) is 4.79 Å². The van der Waals surface area contributed by atoms with E-state index < -0.39 is 5.60 Å². The van der Waals surface area contributed by atoms with Crippen molar-refractivity contribution in [2.24, 2.45) is 5.92 Å². The zero-order valence-corrected chi connectivity index (χ0v) is 21.2. The summed E-state index contributed by atoms with van der Waals surface area (Å²) in [6.07, 6.45) is 7.19. The first-order chi connectivity index (χ1) is 16.3. The van der Waals surface area contributed by atoms with Crippen molar-refractivity contribution in [1.82, 2.24) is 10.2 Å². The van der Waals surface area contributed by atoms with Crippen LogP contribution in [0.1, 0.15) is 74.9 Å². The van der Waals surface area contributed by atoms with Gasteiger partial charge in [0.05, 0.1) is 5.56 Å². The zero-order chi connectivity index (χ0) is 24.1. The average molecular weight is 461 g/mol. The van der Waals surface area contributed by atoms with Crippen molar-refractivity contribution < 1.29 is 9.53 Å². The molecule has 34 heavy (non-hydrogen) atoms. The van der Waals surface area contributed by atoms with Gasteiger partial charge >= 0.3 is 5.97 Å². The number of carbonyl (C=O) groups is 1. The van der Waals surface area contributed by atoms with Gasteiger partial charge in [-0.05, 0) is 88.7 Å². The summed E-state index contributed by atoms with van der Waals surface area (Å²) in [6, 6.07) is 19.9. The number of piperidine rings is 1. The van der Waals surface area contributed by atoms with E-state index in [1.807, 2.05) is 32.9 Å². The molecular weight excluding hydrogens is 420 g/mol. The summed E-state index contributed by atoms with van der Waals surface area (Å²) in [6.45, 7) is 11.1. The highest BCUT2D eigenvalue weighted by atomic mass is 16.6. The number of nitrogens with zero attached hydrogens (tertiary/aromatic N) is 1. The van der Waals surface area contributed by atoms with Crippen molar-refractivity contribution in [2.45, 2.75) is 77.6 Å². The Bertz CT molecular complexity index is 967. The highest BCUT2D eigenvalue weighted by Crippen LogP contribution is 2.40. The fourth-order valence-electron chi connectivity index (χ4n) is 4.93. The first kappa shape index (κ1) is 24.7. The van der Waals surface area contributed by atoms with Crippen molar-refractivity contribution in [3.63, 3.8) is 0 Å². The van der Waals surface area contributed by atoms with Crippen molar-refractivity contribution in [3.05, 3.63) is 76.9 Å². The third kappa shape index (κ3) is 7.04. The number of hydrogen-bond donors (Lipinski definition) is 1. The molecule has 0 amide bonds. The summed E-state index contributed by atoms with van der Waals surface area (Å²) in [5.74, 6) is 0.445. The normalized spacial score (nSPS) is 21.9. The van der Waals surface area contributed by atoms with Crippen LogP contribution in [0.25, 0.3) is 6.08 Å². The van der Waals surface area contributed by atoms with Crippen LogP contribution in [0.15, 0.2) is 60.2 Å². The summed E-state index contributed by atoms with van der Waals surface area (Å²) in [5, 5.41) is 3.95. The van der Waals surface area contributed by atoms with Crippen LogP contribution in [0.2, 0.25) is 0 Å². The fraction of sp³-hybridized carbons (Fsp3) is 0.500. The monoisotopic (exact) mass is 460 g/mol. The largest absolute Gasteiger partial charge is 0.456 e. The standard InChI is InChI=1S/C30H40N2O2/c1-5-24(19-22-9-7-6-8-10-22)27-20-28(27)31-26-15-17-32(18-16-26)21-23-11-13-25(14-12-23)29(33)34-30(2,3)4/h6-14,19,26-28,31H,5,15-18,20-21H2,1-4H3/b24-19+. The van der Waals surface area contributed by atoms with Gasteiger partial charge in [-0.15, -0.1) is 0 Å². The molecule has 1 saturated carbocycles. The highest BCUT2D eigenvalue weighted by molar-refractivity contribution is 5.89. The third-order valence-electron chi connectivity index (χ3n) is 6.86. The number of nitrogens with one attached hydrogen (secondary N) is 1. The maximum absolute atomic E-state index is 12.2. The molecule has 1 aliphatic carbocycles. The summed E-state index contributed by atoms with van der Waals surface area (Å²) < 4.78 is 5.46. The zero-order valence-electron chi connectivity index (χ0n) is 21.2. The van der Waals surface area contributed by atoms with Crippen LogP contribution >= 0.6 is 0 Å². The first-order valence-electron chi connectivity index (χ1n) is 12.9. The number of benzene rings is 2. The van der Waals surface area contributed by atoms with Gasteiger partial charge in [0.1, 0.15) is 5.60 Å². The van der Waals surface area contributed by atoms with Crippen LogP contribution in [-0.4, -0.2) is 41.6 Å². The quantitative estimate of drug-likeness (QED) is 0.485. The molecule has 0 bridgehead atoms. The SMILES string of the molecule is CC/C(=C\c1ccccc1)C1CC1NC1CCN(Cc2ccc(C(=O)OC(C)(C)C)cc2)CC1. The second-order valence-electron chi connectivity index (χ2n) is 10.8. The van der Waals surface area contributed by atoms with E-state index >= 15 is 0 Å². The topological polar surface area (TPSA) is 41.6 Å². The molecule has 1 saturated heterocycles. The van der Waals surface area contributed by atoms with E-state index in [1.54, 1.807) is 5.57 Å². The van der Waals surface area contributed by atoms with Crippen LogP contribution in [0.3, 0.4) is 0 Å². The summed E-state index contributed by atoms with van der Waals surface area (Å²) in [4.78, 5) is 14.7. The molecule has 1 N–H and O–H groups in total. The van der Waals surface area contributed by atoms with E-state index in [4.69, 9.17) is 4.74 Å². The number of ether oxygens (including phenoxy) is 1. The molecule has 182 valence electrons. The Hall–Kier alpha value is -2.43. The molecule has 2 fully saturated rings. The lowest BCUT2D eigenvalue weighted by Crippen LogP contribution is -2.43. The summed E-state index contributed by atoms with van der Waals surface area (Å²) in [7, 11) is 0. The molecule has 2 unspecified atom stereocenters. The van der Waals surface area contributed by atoms with Crippen LogP contribution in [0, 0.1) is 5.92 Å². The van der Waals surface area contributed by atoms with Crippen molar-refractivity contribution in [2.75, 3.05) is 13.1 Å². The molecule has 4 nitrogen and oxygen atoms in total. The minimum Gasteiger partial charge on any atom is -0.456 e. The van der Waals surface area contributed by atoms with Gasteiger partial charge in [0.25, 0.3) is 0 Å². The number of hydrogen-bond acceptors (Lipinski definition) is 4. The second kappa shape index (κ2) is 10.9. The van der Waals surface area contributed by atoms with Gasteiger partial charge in [0.15, 0.2) is 0 Å². The van der Waals surface area contributed by atoms with E-state index in [-0.39, 0.29) is 5.97 Å². The van der Waals surface area contributed by atoms with E-state index in [9.17, 15) is 4.79 Å². The molecule has 2 aromatic carbocycles. The Balaban J connectivity index is 1.21. The van der Waals surface area contributed by atoms with Crippen LogP contribution in [0.5, 0.6) is 0 Å². The van der Waals surface area contributed by atoms with Crippen LogP contribution in [0.4, 0.5) is 0 Å². The lowest BCUT2D eigenvalue weighted by molar-refractivity contribution is 0.00695. The number of likely N-dealkylation sites (tertiary alicyclic amines) is 1. The van der Waals surface area contributed by atoms with Gasteiger partial charge in [-0.3, -0.25) is 4.90 Å². The van der Waals surface area contributed by atoms with Gasteiger partial charge in [-0.2, -0.15) is 0 Å². The number of rotatable bonds is 8. The van der Waals surface area contributed by atoms with Gasteiger partial charge in [0, 0.05) is 18.6 Å². The third-order valence-corrected chi connectivity index (χ3v) is 6.86. The highest BCUT2D eigenvalue weighted by Gasteiger charge is 2.40. The Kier molecular flexibility index (Phi) is 7.90. The predicted octanol–water partition coefficient (Wildman–Crippen LogP) is 6.08. The molecule has 1 heterocycles. The van der Waals surface area contributed by atoms with Crippen LogP contribution in [-0.2, 0) is 11.3 Å². The maximum atomic E-state index is 12.2. The van der Waals surface area contributed by atoms with Crippen LogP contribution < -0.4 is 5.32 Å². The molecule has 4 rings (SSSR count). The predicted molar refractivity (Wildman–Crippen MR) is 140 cm³/mol. The van der Waals surface area contributed by atoms with Gasteiger partial charge < -0.3 is 10.1 Å². The van der Waals surface area contributed by atoms with E-state index in [2.05, 4.69) is 65.7 Å². The fourth-order valence-corrected chi connectivity index (χ4v) is 4.93. The van der Waals surface area contributed by atoms with E-state index in [0.717, 1.165) is 26.1 Å². The average Bonchev–Trinajstić information content (AvgIpc) is 3.57. The number of esters is 1. The lowest BCUT2D eigenvalue weighted by Gasteiger charge is -2.32. The Morgan fingerprint density at radius 2 is 1.74 bits per heavy atom. The molecule has 0 spiro atoms. The Labute approximate surface area is 205 Å².